The fraction of sp³-hybridized carbons (Fsp3) is 0.231. The Morgan fingerprint density at radius 2 is 1.97 bits per heavy atom. The molecule has 0 spiro atoms. The number of aryl methyl sites for hydroxylation is 1. The third-order valence-electron chi connectivity index (χ3n) is 6.09. The van der Waals surface area contributed by atoms with Gasteiger partial charge in [-0.05, 0) is 48.7 Å². The number of rotatable bonds is 5. The molecule has 36 heavy (non-hydrogen) atoms. The molecule has 0 atom stereocenters. The molecule has 10 heteroatoms. The molecule has 0 bridgehead atoms. The molecule has 5 rings (SSSR count). The zero-order valence-electron chi connectivity index (χ0n) is 19.7. The van der Waals surface area contributed by atoms with Gasteiger partial charge in [-0.1, -0.05) is 36.0 Å². The maximum atomic E-state index is 13.9. The van der Waals surface area contributed by atoms with Crippen LogP contribution in [0.1, 0.15) is 22.9 Å². The zero-order valence-corrected chi connectivity index (χ0v) is 21.3. The number of hydrogen-bond donors (Lipinski definition) is 1. The Balaban J connectivity index is 1.50. The van der Waals surface area contributed by atoms with Crippen molar-refractivity contribution in [3.05, 3.63) is 80.7 Å². The quantitative estimate of drug-likeness (QED) is 0.308. The molecule has 0 saturated carbocycles. The van der Waals surface area contributed by atoms with Gasteiger partial charge in [0, 0.05) is 24.0 Å². The average molecular weight is 523 g/mol. The van der Waals surface area contributed by atoms with Gasteiger partial charge in [0.2, 0.25) is 11.8 Å². The maximum Gasteiger partial charge on any atom is 0.267 e. The van der Waals surface area contributed by atoms with Crippen LogP contribution in [-0.2, 0) is 22.6 Å². The van der Waals surface area contributed by atoms with Crippen molar-refractivity contribution in [1.82, 2.24) is 14.5 Å². The second-order valence-electron chi connectivity index (χ2n) is 8.55. The van der Waals surface area contributed by atoms with Crippen molar-refractivity contribution >= 4 is 50.8 Å². The van der Waals surface area contributed by atoms with Gasteiger partial charge in [0.25, 0.3) is 5.56 Å². The van der Waals surface area contributed by atoms with E-state index in [2.05, 4.69) is 5.32 Å². The van der Waals surface area contributed by atoms with E-state index in [0.717, 1.165) is 22.2 Å². The van der Waals surface area contributed by atoms with Crippen LogP contribution in [0.4, 0.5) is 10.1 Å². The Kier molecular flexibility index (Phi) is 6.63. The number of nitrogens with one attached hydrogen (secondary N) is 1. The molecule has 7 nitrogen and oxygen atoms in total. The van der Waals surface area contributed by atoms with Crippen molar-refractivity contribution in [2.24, 2.45) is 0 Å². The molecule has 0 aliphatic carbocycles. The maximum absolute atomic E-state index is 13.9. The lowest BCUT2D eigenvalue weighted by molar-refractivity contribution is -0.129. The zero-order chi connectivity index (χ0) is 25.4. The highest BCUT2D eigenvalue weighted by Crippen LogP contribution is 2.34. The summed E-state index contributed by atoms with van der Waals surface area (Å²) in [5.74, 6) is -0.734. The first kappa shape index (κ1) is 24.2. The summed E-state index contributed by atoms with van der Waals surface area (Å²) < 4.78 is 15.4. The SMILES string of the molecule is CC(=O)N1CCc2c(sc3nc(SCC(=O)Nc4ccc(C)c(F)c4)n(-c4ccccc4)c(=O)c23)C1. The third kappa shape index (κ3) is 4.66. The van der Waals surface area contributed by atoms with Crippen LogP contribution < -0.4 is 10.9 Å². The Morgan fingerprint density at radius 3 is 2.69 bits per heavy atom. The van der Waals surface area contributed by atoms with E-state index in [4.69, 9.17) is 4.98 Å². The van der Waals surface area contributed by atoms with Crippen LogP contribution in [-0.4, -0.2) is 38.6 Å². The molecule has 0 unspecified atom stereocenters. The molecule has 0 saturated heterocycles. The molecule has 1 N–H and O–H groups in total. The lowest BCUT2D eigenvalue weighted by Gasteiger charge is -2.25. The predicted octanol–water partition coefficient (Wildman–Crippen LogP) is 4.53. The van der Waals surface area contributed by atoms with Crippen LogP contribution in [0.25, 0.3) is 15.9 Å². The summed E-state index contributed by atoms with van der Waals surface area (Å²) in [4.78, 5) is 46.4. The molecule has 4 aromatic rings. The molecule has 2 aromatic heterocycles. The van der Waals surface area contributed by atoms with Crippen molar-refractivity contribution in [1.29, 1.82) is 0 Å². The monoisotopic (exact) mass is 522 g/mol. The number of hydrogen-bond acceptors (Lipinski definition) is 6. The molecule has 1 aliphatic rings. The highest BCUT2D eigenvalue weighted by molar-refractivity contribution is 7.99. The number of aromatic nitrogens is 2. The van der Waals surface area contributed by atoms with E-state index in [1.165, 1.54) is 22.0 Å². The summed E-state index contributed by atoms with van der Waals surface area (Å²) in [5.41, 5.74) is 2.28. The first-order valence-corrected chi connectivity index (χ1v) is 13.2. The van der Waals surface area contributed by atoms with Crippen molar-refractivity contribution in [2.45, 2.75) is 32.0 Å². The molecule has 3 heterocycles. The van der Waals surface area contributed by atoms with Gasteiger partial charge in [0.15, 0.2) is 5.16 Å². The Bertz CT molecular complexity index is 1550. The number of nitrogens with zero attached hydrogens (tertiary/aromatic N) is 3. The Hall–Kier alpha value is -3.50. The second kappa shape index (κ2) is 9.87. The number of thioether (sulfide) groups is 1. The number of carbonyl (C=O) groups is 2. The number of anilines is 1. The van der Waals surface area contributed by atoms with E-state index >= 15 is 0 Å². The van der Waals surface area contributed by atoms with Gasteiger partial charge in [0.1, 0.15) is 10.6 Å². The summed E-state index contributed by atoms with van der Waals surface area (Å²) in [6.45, 7) is 4.23. The Labute approximate surface area is 215 Å². The molecule has 2 aromatic carbocycles. The summed E-state index contributed by atoms with van der Waals surface area (Å²) >= 11 is 2.56. The lowest BCUT2D eigenvalue weighted by Crippen LogP contribution is -2.34. The number of halogens is 1. The minimum atomic E-state index is -0.393. The molecule has 0 fully saturated rings. The molecular formula is C26H23FN4O3S2. The van der Waals surface area contributed by atoms with Gasteiger partial charge in [-0.3, -0.25) is 19.0 Å². The summed E-state index contributed by atoms with van der Waals surface area (Å²) in [5, 5.41) is 3.67. The van der Waals surface area contributed by atoms with Crippen LogP contribution in [0.2, 0.25) is 0 Å². The van der Waals surface area contributed by atoms with Crippen LogP contribution in [0.5, 0.6) is 0 Å². The normalized spacial score (nSPS) is 13.0. The second-order valence-corrected chi connectivity index (χ2v) is 10.6. The third-order valence-corrected chi connectivity index (χ3v) is 8.14. The molecule has 2 amide bonds. The van der Waals surface area contributed by atoms with Crippen LogP contribution >= 0.6 is 23.1 Å². The van der Waals surface area contributed by atoms with Crippen molar-refractivity contribution in [3.8, 4) is 5.69 Å². The number of amides is 2. The first-order chi connectivity index (χ1) is 17.3. The fourth-order valence-electron chi connectivity index (χ4n) is 4.19. The number of para-hydroxylation sites is 1. The lowest BCUT2D eigenvalue weighted by atomic mass is 10.1. The number of carbonyl (C=O) groups excluding carboxylic acids is 2. The summed E-state index contributed by atoms with van der Waals surface area (Å²) in [6.07, 6.45) is 0.600. The largest absolute Gasteiger partial charge is 0.337 e. The van der Waals surface area contributed by atoms with Gasteiger partial charge in [0.05, 0.1) is 23.4 Å². The summed E-state index contributed by atoms with van der Waals surface area (Å²) in [6, 6.07) is 13.7. The summed E-state index contributed by atoms with van der Waals surface area (Å²) in [7, 11) is 0. The predicted molar refractivity (Wildman–Crippen MR) is 141 cm³/mol. The van der Waals surface area contributed by atoms with Crippen LogP contribution in [0.15, 0.2) is 58.5 Å². The highest BCUT2D eigenvalue weighted by atomic mass is 32.2. The van der Waals surface area contributed by atoms with Gasteiger partial charge in [-0.15, -0.1) is 11.3 Å². The average Bonchev–Trinajstić information content (AvgIpc) is 3.23. The fourth-order valence-corrected chi connectivity index (χ4v) is 6.28. The molecular weight excluding hydrogens is 499 g/mol. The van der Waals surface area contributed by atoms with Gasteiger partial charge in [-0.25, -0.2) is 9.37 Å². The molecule has 1 aliphatic heterocycles. The standard InChI is InChI=1S/C26H23FN4O3S2/c1-15-8-9-17(12-20(15)27)28-22(33)14-35-26-29-24-23(25(34)31(26)18-6-4-3-5-7-18)19-10-11-30(16(2)32)13-21(19)36-24/h3-9,12H,10-11,13-14H2,1-2H3,(H,28,33). The van der Waals surface area contributed by atoms with E-state index in [1.54, 1.807) is 30.9 Å². The van der Waals surface area contributed by atoms with Gasteiger partial charge < -0.3 is 10.2 Å². The number of fused-ring (bicyclic) bond motifs is 3. The highest BCUT2D eigenvalue weighted by Gasteiger charge is 2.26. The number of thiophene rings is 1. The van der Waals surface area contributed by atoms with Crippen LogP contribution in [0, 0.1) is 12.7 Å². The van der Waals surface area contributed by atoms with Crippen LogP contribution in [0.3, 0.4) is 0 Å². The van der Waals surface area contributed by atoms with E-state index in [0.29, 0.717) is 51.8 Å². The van der Waals surface area contributed by atoms with Crippen molar-refractivity contribution in [2.75, 3.05) is 17.6 Å². The smallest absolute Gasteiger partial charge is 0.267 e. The van der Waals surface area contributed by atoms with Gasteiger partial charge in [-0.2, -0.15) is 0 Å². The van der Waals surface area contributed by atoms with E-state index in [9.17, 15) is 18.8 Å². The minimum absolute atomic E-state index is 0.00322. The minimum Gasteiger partial charge on any atom is -0.337 e. The van der Waals surface area contributed by atoms with Crippen molar-refractivity contribution < 1.29 is 14.0 Å². The topological polar surface area (TPSA) is 84.3 Å². The molecule has 0 radical (unpaired) electrons. The van der Waals surface area contributed by atoms with E-state index in [-0.39, 0.29) is 23.1 Å². The first-order valence-electron chi connectivity index (χ1n) is 11.4. The van der Waals surface area contributed by atoms with Gasteiger partial charge >= 0.3 is 0 Å². The Morgan fingerprint density at radius 1 is 1.19 bits per heavy atom. The molecule has 184 valence electrons. The van der Waals surface area contributed by atoms with Crippen molar-refractivity contribution in [3.63, 3.8) is 0 Å². The van der Waals surface area contributed by atoms with E-state index < -0.39 is 5.82 Å². The van der Waals surface area contributed by atoms with E-state index in [1.807, 2.05) is 30.3 Å². The number of benzene rings is 2.